The van der Waals surface area contributed by atoms with Crippen molar-refractivity contribution in [1.82, 2.24) is 10.2 Å². The van der Waals surface area contributed by atoms with Gasteiger partial charge in [-0.25, -0.2) is 4.79 Å². The second-order valence-corrected chi connectivity index (χ2v) is 7.50. The zero-order valence-electron chi connectivity index (χ0n) is 16.7. The number of carbonyl (C=O) groups is 2. The smallest absolute Gasteiger partial charge is 0.338 e. The molecule has 0 bridgehead atoms. The van der Waals surface area contributed by atoms with Crippen LogP contribution >= 0.6 is 11.8 Å². The van der Waals surface area contributed by atoms with Gasteiger partial charge >= 0.3 is 5.97 Å². The van der Waals surface area contributed by atoms with Crippen molar-refractivity contribution in [2.24, 2.45) is 0 Å². The van der Waals surface area contributed by atoms with Gasteiger partial charge in [0.25, 0.3) is 5.22 Å². The maximum atomic E-state index is 12.2. The average Bonchev–Trinajstić information content (AvgIpc) is 3.27. The molecule has 4 aromatic rings. The van der Waals surface area contributed by atoms with Gasteiger partial charge in [-0.1, -0.05) is 42.1 Å². The first-order valence-corrected chi connectivity index (χ1v) is 10.6. The Morgan fingerprint density at radius 1 is 1.00 bits per heavy atom. The maximum Gasteiger partial charge on any atom is 0.338 e. The number of rotatable bonds is 7. The Morgan fingerprint density at radius 3 is 2.55 bits per heavy atom. The molecule has 0 radical (unpaired) electrons. The number of amides is 1. The normalized spacial score (nSPS) is 10.7. The summed E-state index contributed by atoms with van der Waals surface area (Å²) in [6.07, 6.45) is 0. The molecule has 1 N–H and O–H groups in total. The minimum Gasteiger partial charge on any atom is -0.462 e. The highest BCUT2D eigenvalue weighted by Crippen LogP contribution is 2.26. The minimum absolute atomic E-state index is 0.110. The van der Waals surface area contributed by atoms with Crippen molar-refractivity contribution >= 4 is 40.1 Å². The van der Waals surface area contributed by atoms with E-state index in [0.717, 1.165) is 28.1 Å². The monoisotopic (exact) mass is 433 g/mol. The number of carbonyl (C=O) groups excluding carboxylic acids is 2. The molecule has 3 aromatic carbocycles. The second-order valence-electron chi connectivity index (χ2n) is 6.57. The van der Waals surface area contributed by atoms with Crippen LogP contribution in [0.15, 0.2) is 76.4 Å². The van der Waals surface area contributed by atoms with Gasteiger partial charge in [0.1, 0.15) is 0 Å². The first-order chi connectivity index (χ1) is 15.1. The van der Waals surface area contributed by atoms with E-state index in [1.807, 2.05) is 42.5 Å². The van der Waals surface area contributed by atoms with Crippen molar-refractivity contribution in [3.05, 3.63) is 72.3 Å². The molecule has 0 aliphatic rings. The number of nitrogens with one attached hydrogen (secondary N) is 1. The van der Waals surface area contributed by atoms with Gasteiger partial charge in [0.2, 0.25) is 11.8 Å². The molecule has 0 aliphatic carbocycles. The van der Waals surface area contributed by atoms with Crippen LogP contribution in [0.2, 0.25) is 0 Å². The van der Waals surface area contributed by atoms with Crippen LogP contribution in [0.25, 0.3) is 22.2 Å². The molecule has 0 spiro atoms. The molecule has 1 aromatic heterocycles. The predicted molar refractivity (Wildman–Crippen MR) is 119 cm³/mol. The van der Waals surface area contributed by atoms with E-state index in [0.29, 0.717) is 29.0 Å². The van der Waals surface area contributed by atoms with Crippen LogP contribution in [0.4, 0.5) is 5.69 Å². The molecule has 156 valence electrons. The topological polar surface area (TPSA) is 94.3 Å². The summed E-state index contributed by atoms with van der Waals surface area (Å²) in [5.41, 5.74) is 1.84. The van der Waals surface area contributed by atoms with Crippen molar-refractivity contribution in [3.63, 3.8) is 0 Å². The molecule has 8 heteroatoms. The van der Waals surface area contributed by atoms with E-state index in [1.54, 1.807) is 31.2 Å². The van der Waals surface area contributed by atoms with Crippen molar-refractivity contribution in [2.75, 3.05) is 17.7 Å². The largest absolute Gasteiger partial charge is 0.462 e. The SMILES string of the molecule is CCOC(=O)c1ccc(NC(=O)CSc2nnc(-c3ccc4ccccc4c3)o2)cc1. The number of aromatic nitrogens is 2. The summed E-state index contributed by atoms with van der Waals surface area (Å²) in [4.78, 5) is 23.9. The third-order valence-electron chi connectivity index (χ3n) is 4.41. The van der Waals surface area contributed by atoms with Crippen LogP contribution in [-0.2, 0) is 9.53 Å². The fraction of sp³-hybridized carbons (Fsp3) is 0.130. The van der Waals surface area contributed by atoms with E-state index < -0.39 is 5.97 Å². The van der Waals surface area contributed by atoms with Crippen molar-refractivity contribution in [2.45, 2.75) is 12.1 Å². The Morgan fingerprint density at radius 2 is 1.77 bits per heavy atom. The Balaban J connectivity index is 1.33. The van der Waals surface area contributed by atoms with E-state index in [1.165, 1.54) is 0 Å². The summed E-state index contributed by atoms with van der Waals surface area (Å²) in [6, 6.07) is 20.5. The molecule has 0 atom stereocenters. The summed E-state index contributed by atoms with van der Waals surface area (Å²) in [7, 11) is 0. The molecule has 7 nitrogen and oxygen atoms in total. The molecular weight excluding hydrogens is 414 g/mol. The van der Waals surface area contributed by atoms with E-state index in [9.17, 15) is 9.59 Å². The lowest BCUT2D eigenvalue weighted by molar-refractivity contribution is -0.113. The van der Waals surface area contributed by atoms with Crippen molar-refractivity contribution in [1.29, 1.82) is 0 Å². The number of nitrogens with zero attached hydrogens (tertiary/aromatic N) is 2. The zero-order chi connectivity index (χ0) is 21.6. The summed E-state index contributed by atoms with van der Waals surface area (Å²) in [6.45, 7) is 2.06. The minimum atomic E-state index is -0.394. The number of anilines is 1. The number of hydrogen-bond donors (Lipinski definition) is 1. The van der Waals surface area contributed by atoms with Gasteiger partial charge in [-0.15, -0.1) is 10.2 Å². The van der Waals surface area contributed by atoms with Crippen LogP contribution in [0, 0.1) is 0 Å². The number of benzene rings is 3. The third-order valence-corrected chi connectivity index (χ3v) is 5.23. The van der Waals surface area contributed by atoms with Gasteiger partial charge < -0.3 is 14.5 Å². The van der Waals surface area contributed by atoms with Crippen LogP contribution in [0.5, 0.6) is 0 Å². The fourth-order valence-electron chi connectivity index (χ4n) is 2.94. The molecular formula is C23H19N3O4S. The van der Waals surface area contributed by atoms with Gasteiger partial charge in [-0.2, -0.15) is 0 Å². The number of hydrogen-bond acceptors (Lipinski definition) is 7. The standard InChI is InChI=1S/C23H19N3O4S/c1-2-29-22(28)16-9-11-19(12-10-16)24-20(27)14-31-23-26-25-21(30-23)18-8-7-15-5-3-4-6-17(15)13-18/h3-13H,2,14H2,1H3,(H,24,27). The Bertz CT molecular complexity index is 1220. The van der Waals surface area contributed by atoms with Crippen molar-refractivity contribution in [3.8, 4) is 11.5 Å². The Hall–Kier alpha value is -3.65. The van der Waals surface area contributed by atoms with Crippen LogP contribution in [0.3, 0.4) is 0 Å². The van der Waals surface area contributed by atoms with Crippen molar-refractivity contribution < 1.29 is 18.7 Å². The molecule has 4 rings (SSSR count). The van der Waals surface area contributed by atoms with Gasteiger partial charge in [0.15, 0.2) is 0 Å². The van der Waals surface area contributed by atoms with Gasteiger partial charge in [-0.3, -0.25) is 4.79 Å². The highest BCUT2D eigenvalue weighted by atomic mass is 32.2. The quantitative estimate of drug-likeness (QED) is 0.330. The molecule has 0 aliphatic heterocycles. The lowest BCUT2D eigenvalue weighted by Gasteiger charge is -2.05. The highest BCUT2D eigenvalue weighted by Gasteiger charge is 2.12. The average molecular weight is 433 g/mol. The van der Waals surface area contributed by atoms with Gasteiger partial charge in [0, 0.05) is 11.3 Å². The van der Waals surface area contributed by atoms with Crippen LogP contribution < -0.4 is 5.32 Å². The maximum absolute atomic E-state index is 12.2. The van der Waals surface area contributed by atoms with E-state index in [4.69, 9.17) is 9.15 Å². The molecule has 0 saturated carbocycles. The summed E-state index contributed by atoms with van der Waals surface area (Å²) in [5, 5.41) is 13.4. The number of ether oxygens (including phenoxy) is 1. The lowest BCUT2D eigenvalue weighted by Crippen LogP contribution is -2.14. The Kier molecular flexibility index (Phi) is 6.28. The molecule has 0 saturated heterocycles. The van der Waals surface area contributed by atoms with Crippen LogP contribution in [0.1, 0.15) is 17.3 Å². The summed E-state index contributed by atoms with van der Waals surface area (Å²) < 4.78 is 10.6. The number of thioether (sulfide) groups is 1. The fourth-order valence-corrected chi connectivity index (χ4v) is 3.50. The molecule has 0 unspecified atom stereocenters. The summed E-state index contributed by atoms with van der Waals surface area (Å²) in [5.74, 6) is -0.101. The van der Waals surface area contributed by atoms with Crippen LogP contribution in [-0.4, -0.2) is 34.4 Å². The predicted octanol–water partition coefficient (Wildman–Crippen LogP) is 4.80. The molecule has 1 heterocycles. The first-order valence-electron chi connectivity index (χ1n) is 9.65. The second kappa shape index (κ2) is 9.44. The third kappa shape index (κ3) is 5.10. The molecule has 31 heavy (non-hydrogen) atoms. The Labute approximate surface area is 182 Å². The number of esters is 1. The van der Waals surface area contributed by atoms with Gasteiger partial charge in [-0.05, 0) is 54.1 Å². The summed E-state index contributed by atoms with van der Waals surface area (Å²) >= 11 is 1.16. The lowest BCUT2D eigenvalue weighted by atomic mass is 10.1. The zero-order valence-corrected chi connectivity index (χ0v) is 17.5. The molecule has 0 fully saturated rings. The first kappa shape index (κ1) is 20.6. The van der Waals surface area contributed by atoms with E-state index in [-0.39, 0.29) is 11.7 Å². The molecule has 1 amide bonds. The van der Waals surface area contributed by atoms with E-state index in [2.05, 4.69) is 15.5 Å². The van der Waals surface area contributed by atoms with E-state index >= 15 is 0 Å². The van der Waals surface area contributed by atoms with Gasteiger partial charge in [0.05, 0.1) is 17.9 Å². The number of fused-ring (bicyclic) bond motifs is 1. The highest BCUT2D eigenvalue weighted by molar-refractivity contribution is 7.99.